The molecule has 0 rings (SSSR count). The molecule has 0 radical (unpaired) electrons. The highest BCUT2D eigenvalue weighted by atomic mass is 16.3. The Balaban J connectivity index is 3.47. The lowest BCUT2D eigenvalue weighted by atomic mass is 9.99. The third-order valence-electron chi connectivity index (χ3n) is 12.3. The molecule has 336 valence electrons. The molecule has 6 nitrogen and oxygen atoms in total. The lowest BCUT2D eigenvalue weighted by Gasteiger charge is -2.27. The van der Waals surface area contributed by atoms with E-state index in [1.54, 1.807) is 0 Å². The highest BCUT2D eigenvalue weighted by molar-refractivity contribution is 5.80. The van der Waals surface area contributed by atoms with E-state index in [1.807, 2.05) is 0 Å². The molecule has 0 aromatic carbocycles. The number of amides is 1. The molecule has 0 heterocycles. The molecule has 0 aliphatic carbocycles. The van der Waals surface area contributed by atoms with Crippen LogP contribution in [0.2, 0.25) is 0 Å². The fraction of sp³-hybridized carbons (Fsp3) is 0.980. The van der Waals surface area contributed by atoms with E-state index in [1.165, 1.54) is 218 Å². The Morgan fingerprint density at radius 2 is 0.607 bits per heavy atom. The Labute approximate surface area is 350 Å². The standard InChI is InChI=1S/C50H101NO5/c1-3-5-7-9-11-13-14-15-16-17-18-19-20-21-22-23-24-25-26-27-28-29-30-31-32-33-34-35-36-38-39-41-43-47(53)49(55)46(45-52)51-50(56)48(54)44-42-40-37-12-10-8-6-4-2/h46-49,52-55H,3-45H2,1-2H3,(H,51,56). The average molecular weight is 796 g/mol. The molecular weight excluding hydrogens is 695 g/mol. The van der Waals surface area contributed by atoms with Crippen molar-refractivity contribution in [2.75, 3.05) is 6.61 Å². The van der Waals surface area contributed by atoms with Crippen LogP contribution in [-0.2, 0) is 4.79 Å². The Kier molecular flexibility index (Phi) is 44.8. The molecule has 4 atom stereocenters. The van der Waals surface area contributed by atoms with Crippen LogP contribution in [0.15, 0.2) is 0 Å². The van der Waals surface area contributed by atoms with Crippen LogP contribution in [0.5, 0.6) is 0 Å². The zero-order chi connectivity index (χ0) is 41.0. The molecule has 0 aliphatic heterocycles. The van der Waals surface area contributed by atoms with Gasteiger partial charge in [0.15, 0.2) is 0 Å². The van der Waals surface area contributed by atoms with Crippen LogP contribution >= 0.6 is 0 Å². The molecule has 1 amide bonds. The van der Waals surface area contributed by atoms with Crippen LogP contribution in [0.25, 0.3) is 0 Å². The van der Waals surface area contributed by atoms with Gasteiger partial charge in [0.2, 0.25) is 5.91 Å². The summed E-state index contributed by atoms with van der Waals surface area (Å²) in [5.41, 5.74) is 0. The highest BCUT2D eigenvalue weighted by Crippen LogP contribution is 2.18. The third kappa shape index (κ3) is 38.8. The predicted molar refractivity (Wildman–Crippen MR) is 242 cm³/mol. The van der Waals surface area contributed by atoms with Gasteiger partial charge < -0.3 is 25.7 Å². The summed E-state index contributed by atoms with van der Waals surface area (Å²) < 4.78 is 0. The number of unbranched alkanes of at least 4 members (excludes halogenated alkanes) is 38. The first kappa shape index (κ1) is 55.3. The smallest absolute Gasteiger partial charge is 0.249 e. The molecule has 0 aliphatic rings. The fourth-order valence-corrected chi connectivity index (χ4v) is 8.29. The highest BCUT2D eigenvalue weighted by Gasteiger charge is 2.28. The topological polar surface area (TPSA) is 110 Å². The molecule has 4 unspecified atom stereocenters. The molecule has 0 bridgehead atoms. The second kappa shape index (κ2) is 45.4. The predicted octanol–water partition coefficient (Wildman–Crippen LogP) is 14.0. The molecule has 0 aromatic rings. The van der Waals surface area contributed by atoms with Gasteiger partial charge in [-0.05, 0) is 12.8 Å². The molecule has 0 saturated heterocycles. The number of nitrogens with one attached hydrogen (secondary N) is 1. The maximum Gasteiger partial charge on any atom is 0.249 e. The lowest BCUT2D eigenvalue weighted by Crippen LogP contribution is -2.53. The van der Waals surface area contributed by atoms with Gasteiger partial charge in [-0.1, -0.05) is 271 Å². The molecular formula is C50H101NO5. The zero-order valence-corrected chi connectivity index (χ0v) is 37.9. The van der Waals surface area contributed by atoms with Gasteiger partial charge in [-0.25, -0.2) is 0 Å². The summed E-state index contributed by atoms with van der Waals surface area (Å²) in [5.74, 6) is -0.584. The van der Waals surface area contributed by atoms with Gasteiger partial charge in [-0.2, -0.15) is 0 Å². The van der Waals surface area contributed by atoms with Crippen molar-refractivity contribution >= 4 is 5.91 Å². The van der Waals surface area contributed by atoms with Crippen molar-refractivity contribution in [1.29, 1.82) is 0 Å². The van der Waals surface area contributed by atoms with E-state index in [0.717, 1.165) is 38.5 Å². The zero-order valence-electron chi connectivity index (χ0n) is 37.9. The number of hydrogen-bond donors (Lipinski definition) is 5. The number of aliphatic hydroxyl groups excluding tert-OH is 4. The van der Waals surface area contributed by atoms with Crippen molar-refractivity contribution in [3.8, 4) is 0 Å². The van der Waals surface area contributed by atoms with Crippen LogP contribution in [0, 0.1) is 0 Å². The summed E-state index contributed by atoms with van der Waals surface area (Å²) in [5, 5.41) is 43.6. The minimum Gasteiger partial charge on any atom is -0.394 e. The molecule has 56 heavy (non-hydrogen) atoms. The van der Waals surface area contributed by atoms with E-state index >= 15 is 0 Å². The average Bonchev–Trinajstić information content (AvgIpc) is 3.20. The van der Waals surface area contributed by atoms with Crippen molar-refractivity contribution < 1.29 is 25.2 Å². The number of hydrogen-bond acceptors (Lipinski definition) is 5. The van der Waals surface area contributed by atoms with Crippen LogP contribution in [0.3, 0.4) is 0 Å². The first-order chi connectivity index (χ1) is 27.5. The van der Waals surface area contributed by atoms with Gasteiger partial charge in [0.25, 0.3) is 0 Å². The minimum atomic E-state index is -1.25. The van der Waals surface area contributed by atoms with Gasteiger partial charge in [-0.3, -0.25) is 4.79 Å². The fourth-order valence-electron chi connectivity index (χ4n) is 8.29. The number of rotatable bonds is 47. The van der Waals surface area contributed by atoms with Crippen molar-refractivity contribution in [3.05, 3.63) is 0 Å². The summed E-state index contributed by atoms with van der Waals surface area (Å²) in [4.78, 5) is 12.4. The Morgan fingerprint density at radius 1 is 0.375 bits per heavy atom. The second-order valence-electron chi connectivity index (χ2n) is 17.9. The Bertz CT molecular complexity index is 766. The van der Waals surface area contributed by atoms with Crippen LogP contribution in [0.1, 0.15) is 284 Å². The summed E-state index contributed by atoms with van der Waals surface area (Å²) >= 11 is 0. The van der Waals surface area contributed by atoms with Crippen molar-refractivity contribution in [2.24, 2.45) is 0 Å². The molecule has 6 heteroatoms. The maximum absolute atomic E-state index is 12.4. The molecule has 5 N–H and O–H groups in total. The Hall–Kier alpha value is -0.690. The number of carbonyl (C=O) groups excluding carboxylic acids is 1. The number of aliphatic hydroxyl groups is 4. The summed E-state index contributed by atoms with van der Waals surface area (Å²) in [7, 11) is 0. The van der Waals surface area contributed by atoms with Crippen molar-refractivity contribution in [1.82, 2.24) is 5.32 Å². The summed E-state index contributed by atoms with van der Waals surface area (Å²) in [6.07, 6.45) is 50.5. The first-order valence-corrected chi connectivity index (χ1v) is 25.4. The first-order valence-electron chi connectivity index (χ1n) is 25.4. The minimum absolute atomic E-state index is 0.372. The van der Waals surface area contributed by atoms with Gasteiger partial charge in [0.05, 0.1) is 18.8 Å². The van der Waals surface area contributed by atoms with Crippen LogP contribution < -0.4 is 5.32 Å². The van der Waals surface area contributed by atoms with E-state index < -0.39 is 36.9 Å². The molecule has 0 spiro atoms. The normalized spacial score (nSPS) is 13.9. The van der Waals surface area contributed by atoms with Crippen LogP contribution in [-0.4, -0.2) is 57.3 Å². The van der Waals surface area contributed by atoms with E-state index in [4.69, 9.17) is 0 Å². The van der Waals surface area contributed by atoms with E-state index in [9.17, 15) is 25.2 Å². The van der Waals surface area contributed by atoms with Gasteiger partial charge in [-0.15, -0.1) is 0 Å². The van der Waals surface area contributed by atoms with E-state index in [-0.39, 0.29) is 0 Å². The lowest BCUT2D eigenvalue weighted by molar-refractivity contribution is -0.132. The van der Waals surface area contributed by atoms with Crippen LogP contribution in [0.4, 0.5) is 0 Å². The van der Waals surface area contributed by atoms with Gasteiger partial charge in [0, 0.05) is 0 Å². The SMILES string of the molecule is CCCCCCCCCCCCCCCCCCCCCCCCCCCCCCCCCCC(O)C(O)C(CO)NC(=O)C(O)CCCCCCCCCC. The number of carbonyl (C=O) groups is 1. The molecule has 0 aromatic heterocycles. The van der Waals surface area contributed by atoms with Gasteiger partial charge in [0.1, 0.15) is 12.2 Å². The second-order valence-corrected chi connectivity index (χ2v) is 17.9. The molecule has 0 saturated carbocycles. The van der Waals surface area contributed by atoms with E-state index in [2.05, 4.69) is 19.2 Å². The van der Waals surface area contributed by atoms with Gasteiger partial charge >= 0.3 is 0 Å². The Morgan fingerprint density at radius 3 is 0.857 bits per heavy atom. The van der Waals surface area contributed by atoms with E-state index in [0.29, 0.717) is 12.8 Å². The molecule has 0 fully saturated rings. The maximum atomic E-state index is 12.4. The monoisotopic (exact) mass is 796 g/mol. The van der Waals surface area contributed by atoms with Crippen molar-refractivity contribution in [2.45, 2.75) is 308 Å². The third-order valence-corrected chi connectivity index (χ3v) is 12.3. The summed E-state index contributed by atoms with van der Waals surface area (Å²) in [6, 6.07) is -0.978. The summed E-state index contributed by atoms with van der Waals surface area (Å²) in [6.45, 7) is 4.03. The largest absolute Gasteiger partial charge is 0.394 e. The van der Waals surface area contributed by atoms with Crippen molar-refractivity contribution in [3.63, 3.8) is 0 Å². The quantitative estimate of drug-likeness (QED) is 0.0394.